The molecular formula is C21H25N5O2. The van der Waals surface area contributed by atoms with Crippen molar-refractivity contribution in [3.8, 4) is 11.5 Å². The Bertz CT molecular complexity index is 924. The minimum Gasteiger partial charge on any atom is -0.493 e. The molecule has 28 heavy (non-hydrogen) atoms. The third-order valence-electron chi connectivity index (χ3n) is 4.45. The van der Waals surface area contributed by atoms with Gasteiger partial charge in [-0.1, -0.05) is 32.0 Å². The fourth-order valence-corrected chi connectivity index (χ4v) is 2.99. The van der Waals surface area contributed by atoms with Crippen molar-refractivity contribution in [1.29, 1.82) is 0 Å². The number of nitrogens with one attached hydrogen (secondary N) is 2. The van der Waals surface area contributed by atoms with Gasteiger partial charge in [-0.05, 0) is 36.1 Å². The van der Waals surface area contributed by atoms with E-state index in [4.69, 9.17) is 9.47 Å². The van der Waals surface area contributed by atoms with Crippen molar-refractivity contribution < 1.29 is 9.47 Å². The molecule has 0 radical (unpaired) electrons. The summed E-state index contributed by atoms with van der Waals surface area (Å²) in [7, 11) is 3.20. The van der Waals surface area contributed by atoms with Gasteiger partial charge in [0.1, 0.15) is 0 Å². The monoisotopic (exact) mass is 379 g/mol. The van der Waals surface area contributed by atoms with E-state index in [1.807, 2.05) is 18.2 Å². The molecule has 2 N–H and O–H groups in total. The van der Waals surface area contributed by atoms with E-state index in [0.29, 0.717) is 23.3 Å². The molecule has 0 amide bonds. The summed E-state index contributed by atoms with van der Waals surface area (Å²) in [5.41, 5.74) is 4.35. The van der Waals surface area contributed by atoms with E-state index in [-0.39, 0.29) is 0 Å². The number of anilines is 4. The fourth-order valence-electron chi connectivity index (χ4n) is 2.99. The van der Waals surface area contributed by atoms with Gasteiger partial charge in [0.05, 0.1) is 20.4 Å². The number of rotatable bonds is 8. The van der Waals surface area contributed by atoms with Crippen LogP contribution in [0, 0.1) is 0 Å². The number of aromatic nitrogens is 3. The Morgan fingerprint density at radius 2 is 1.61 bits per heavy atom. The average Bonchev–Trinajstić information content (AvgIpc) is 2.74. The summed E-state index contributed by atoms with van der Waals surface area (Å²) >= 11 is 0. The van der Waals surface area contributed by atoms with E-state index in [2.05, 4.69) is 57.9 Å². The minimum absolute atomic E-state index is 0.393. The number of para-hydroxylation sites is 1. The summed E-state index contributed by atoms with van der Waals surface area (Å²) in [5, 5.41) is 14.7. The molecule has 1 heterocycles. The Kier molecular flexibility index (Phi) is 6.26. The van der Waals surface area contributed by atoms with Crippen molar-refractivity contribution in [2.75, 3.05) is 24.9 Å². The molecule has 7 nitrogen and oxygen atoms in total. The van der Waals surface area contributed by atoms with Crippen molar-refractivity contribution >= 4 is 23.1 Å². The summed E-state index contributed by atoms with van der Waals surface area (Å²) in [4.78, 5) is 4.54. The minimum atomic E-state index is 0.393. The molecule has 0 aliphatic heterocycles. The first-order valence-electron chi connectivity index (χ1n) is 9.25. The average molecular weight is 379 g/mol. The summed E-state index contributed by atoms with van der Waals surface area (Å²) < 4.78 is 10.6. The quantitative estimate of drug-likeness (QED) is 0.596. The lowest BCUT2D eigenvalue weighted by Gasteiger charge is -2.15. The molecule has 0 saturated heterocycles. The first-order valence-corrected chi connectivity index (χ1v) is 9.25. The molecule has 1 aromatic heterocycles. The smallest absolute Gasteiger partial charge is 0.249 e. The zero-order chi connectivity index (χ0) is 19.9. The highest BCUT2D eigenvalue weighted by atomic mass is 16.5. The Hall–Kier alpha value is -3.35. The molecule has 146 valence electrons. The summed E-state index contributed by atoms with van der Waals surface area (Å²) in [6.07, 6.45) is 3.49. The third kappa shape index (κ3) is 4.31. The highest BCUT2D eigenvalue weighted by Gasteiger charge is 2.10. The van der Waals surface area contributed by atoms with Crippen LogP contribution in [-0.4, -0.2) is 29.4 Å². The van der Waals surface area contributed by atoms with E-state index in [1.54, 1.807) is 20.4 Å². The van der Waals surface area contributed by atoms with Gasteiger partial charge in [-0.3, -0.25) is 0 Å². The van der Waals surface area contributed by atoms with Gasteiger partial charge in [-0.2, -0.15) is 10.1 Å². The Morgan fingerprint density at radius 3 is 2.25 bits per heavy atom. The van der Waals surface area contributed by atoms with Gasteiger partial charge in [-0.15, -0.1) is 5.10 Å². The van der Waals surface area contributed by atoms with Gasteiger partial charge in [-0.25, -0.2) is 0 Å². The van der Waals surface area contributed by atoms with Crippen molar-refractivity contribution in [3.63, 3.8) is 0 Å². The Morgan fingerprint density at radius 1 is 0.893 bits per heavy atom. The predicted molar refractivity (Wildman–Crippen MR) is 111 cm³/mol. The van der Waals surface area contributed by atoms with Crippen LogP contribution in [0.3, 0.4) is 0 Å². The fraction of sp³-hybridized carbons (Fsp3) is 0.286. The van der Waals surface area contributed by atoms with Crippen LogP contribution in [0.1, 0.15) is 25.0 Å². The van der Waals surface area contributed by atoms with E-state index in [1.165, 1.54) is 11.1 Å². The molecule has 0 fully saturated rings. The topological polar surface area (TPSA) is 81.2 Å². The molecule has 0 saturated carbocycles. The lowest BCUT2D eigenvalue weighted by atomic mass is 10.0. The van der Waals surface area contributed by atoms with Crippen LogP contribution in [-0.2, 0) is 12.8 Å². The maximum atomic E-state index is 5.33. The van der Waals surface area contributed by atoms with Crippen molar-refractivity contribution in [1.82, 2.24) is 15.2 Å². The van der Waals surface area contributed by atoms with Crippen LogP contribution in [0.15, 0.2) is 42.6 Å². The lowest BCUT2D eigenvalue weighted by molar-refractivity contribution is 0.355. The number of aryl methyl sites for hydroxylation is 2. The molecule has 7 heteroatoms. The van der Waals surface area contributed by atoms with Crippen LogP contribution in [0.4, 0.5) is 23.1 Å². The molecule has 0 atom stereocenters. The molecule has 0 aliphatic rings. The normalized spacial score (nSPS) is 10.4. The Labute approximate surface area is 165 Å². The van der Waals surface area contributed by atoms with Gasteiger partial charge in [0.2, 0.25) is 5.95 Å². The summed E-state index contributed by atoms with van der Waals surface area (Å²) in [6, 6.07) is 11.8. The maximum absolute atomic E-state index is 5.33. The van der Waals surface area contributed by atoms with Gasteiger partial charge in [0.15, 0.2) is 17.3 Å². The zero-order valence-electron chi connectivity index (χ0n) is 16.6. The second-order valence-corrected chi connectivity index (χ2v) is 6.14. The molecule has 0 bridgehead atoms. The molecule has 3 rings (SSSR count). The van der Waals surface area contributed by atoms with Gasteiger partial charge in [0, 0.05) is 17.4 Å². The number of hydrogen-bond donors (Lipinski definition) is 2. The van der Waals surface area contributed by atoms with Gasteiger partial charge < -0.3 is 20.1 Å². The molecule has 0 aliphatic carbocycles. The first-order chi connectivity index (χ1) is 13.7. The predicted octanol–water partition coefficient (Wildman–Crippen LogP) is 4.50. The van der Waals surface area contributed by atoms with Crippen molar-refractivity contribution in [2.24, 2.45) is 0 Å². The van der Waals surface area contributed by atoms with Gasteiger partial charge >= 0.3 is 0 Å². The van der Waals surface area contributed by atoms with E-state index >= 15 is 0 Å². The highest BCUT2D eigenvalue weighted by molar-refractivity contribution is 5.66. The Balaban J connectivity index is 1.84. The van der Waals surface area contributed by atoms with Crippen LogP contribution < -0.4 is 20.1 Å². The highest BCUT2D eigenvalue weighted by Crippen LogP contribution is 2.31. The molecule has 0 spiro atoms. The zero-order valence-corrected chi connectivity index (χ0v) is 16.6. The second kappa shape index (κ2) is 9.03. The summed E-state index contributed by atoms with van der Waals surface area (Å²) in [5.74, 6) is 2.31. The maximum Gasteiger partial charge on any atom is 0.249 e. The molecule has 2 aromatic carbocycles. The van der Waals surface area contributed by atoms with E-state index in [0.717, 1.165) is 24.2 Å². The number of ether oxygens (including phenoxy) is 2. The van der Waals surface area contributed by atoms with Crippen LogP contribution >= 0.6 is 0 Å². The number of methoxy groups -OCH3 is 2. The number of hydrogen-bond acceptors (Lipinski definition) is 7. The van der Waals surface area contributed by atoms with E-state index in [9.17, 15) is 0 Å². The van der Waals surface area contributed by atoms with Crippen LogP contribution in [0.25, 0.3) is 0 Å². The van der Waals surface area contributed by atoms with Gasteiger partial charge in [0.25, 0.3) is 0 Å². The summed E-state index contributed by atoms with van der Waals surface area (Å²) in [6.45, 7) is 4.28. The molecule has 0 unspecified atom stereocenters. The van der Waals surface area contributed by atoms with Crippen LogP contribution in [0.2, 0.25) is 0 Å². The lowest BCUT2D eigenvalue weighted by Crippen LogP contribution is -2.05. The van der Waals surface area contributed by atoms with E-state index < -0.39 is 0 Å². The largest absolute Gasteiger partial charge is 0.493 e. The van der Waals surface area contributed by atoms with Crippen molar-refractivity contribution in [3.05, 3.63) is 53.7 Å². The number of nitrogens with zero attached hydrogens (tertiary/aromatic N) is 3. The SMILES string of the molecule is CCc1cccc(CC)c1Nc1cnnc(Nc2ccc(OC)c(OC)c2)n1. The second-order valence-electron chi connectivity index (χ2n) is 6.14. The number of benzene rings is 2. The molecule has 3 aromatic rings. The third-order valence-corrected chi connectivity index (χ3v) is 4.45. The van der Waals surface area contributed by atoms with Crippen LogP contribution in [0.5, 0.6) is 11.5 Å². The first kappa shape index (κ1) is 19.4. The molecular weight excluding hydrogens is 354 g/mol. The standard InChI is InChI=1S/C21H25N5O2/c1-5-14-8-7-9-15(6-2)20(14)24-19-13-22-26-21(25-19)23-16-10-11-17(27-3)18(12-16)28-4/h7-13H,5-6H2,1-4H3,(H2,23,24,25,26). The van der Waals surface area contributed by atoms with Crippen molar-refractivity contribution in [2.45, 2.75) is 26.7 Å².